The quantitative estimate of drug-likeness (QED) is 0.373. The number of furan rings is 1. The number of hydrogen-bond donors (Lipinski definition) is 3. The fourth-order valence-corrected chi connectivity index (χ4v) is 3.17. The summed E-state index contributed by atoms with van der Waals surface area (Å²) < 4.78 is 10.8. The Morgan fingerprint density at radius 3 is 2.72 bits per heavy atom. The van der Waals surface area contributed by atoms with Crippen molar-refractivity contribution in [2.75, 3.05) is 18.5 Å². The molecular weight excluding hydrogens is 410 g/mol. The van der Waals surface area contributed by atoms with Crippen molar-refractivity contribution in [2.45, 2.75) is 21.3 Å². The molecule has 0 bridgehead atoms. The molecule has 166 valence electrons. The summed E-state index contributed by atoms with van der Waals surface area (Å²) in [5.41, 5.74) is 3.71. The van der Waals surface area contributed by atoms with Crippen LogP contribution < -0.4 is 10.6 Å². The van der Waals surface area contributed by atoms with Gasteiger partial charge in [-0.2, -0.15) is 0 Å². The van der Waals surface area contributed by atoms with Crippen molar-refractivity contribution in [3.05, 3.63) is 54.6 Å². The molecule has 0 saturated heterocycles. The summed E-state index contributed by atoms with van der Waals surface area (Å²) in [7, 11) is 0. The molecule has 0 unspecified atom stereocenters. The highest BCUT2D eigenvalue weighted by Gasteiger charge is 2.18. The number of aromatic amines is 1. The topological polar surface area (TPSA) is 122 Å². The zero-order chi connectivity index (χ0) is 21.8. The molecule has 0 spiro atoms. The third-order valence-corrected chi connectivity index (χ3v) is 4.50. The fraction of sp³-hybridized carbons (Fsp3) is 0.217. The highest BCUT2D eigenvalue weighted by Crippen LogP contribution is 2.34. The summed E-state index contributed by atoms with van der Waals surface area (Å²) in [5.74, 6) is 0.319. The van der Waals surface area contributed by atoms with Crippen molar-refractivity contribution in [1.29, 1.82) is 0 Å². The van der Waals surface area contributed by atoms with E-state index in [0.29, 0.717) is 34.9 Å². The van der Waals surface area contributed by atoms with Crippen LogP contribution in [0.15, 0.2) is 53.2 Å². The highest BCUT2D eigenvalue weighted by atomic mass is 16.5. The zero-order valence-electron chi connectivity index (χ0n) is 17.1. The van der Waals surface area contributed by atoms with Gasteiger partial charge in [-0.1, -0.05) is 13.5 Å². The number of urea groups is 1. The van der Waals surface area contributed by atoms with Crippen molar-refractivity contribution >= 4 is 29.0 Å². The Morgan fingerprint density at radius 2 is 2.00 bits per heavy atom. The largest absolute Gasteiger partial charge is 0.460 e. The minimum absolute atomic E-state index is 0. The Hall–Kier alpha value is -4.14. The van der Waals surface area contributed by atoms with Crippen molar-refractivity contribution < 1.29 is 18.7 Å². The predicted molar refractivity (Wildman–Crippen MR) is 122 cm³/mol. The molecule has 1 aromatic carbocycles. The molecule has 4 rings (SSSR count). The molecule has 0 saturated carbocycles. The van der Waals surface area contributed by atoms with Gasteiger partial charge >= 0.3 is 12.0 Å². The first-order valence-electron chi connectivity index (χ1n) is 9.85. The van der Waals surface area contributed by atoms with E-state index in [9.17, 15) is 9.59 Å². The molecule has 0 radical (unpaired) electrons. The number of benzene rings is 1. The number of carbonyl (C=O) groups excluding carboxylic acids is 2. The number of ether oxygens (including phenoxy) is 1. The van der Waals surface area contributed by atoms with Gasteiger partial charge in [0.15, 0.2) is 0 Å². The first-order chi connectivity index (χ1) is 15.1. The van der Waals surface area contributed by atoms with E-state index in [1.165, 1.54) is 0 Å². The van der Waals surface area contributed by atoms with Crippen LogP contribution in [0.3, 0.4) is 0 Å². The van der Waals surface area contributed by atoms with Crippen LogP contribution in [0.2, 0.25) is 0 Å². The number of hydrogen-bond acceptors (Lipinski definition) is 6. The Bertz CT molecular complexity index is 1230. The molecular formula is C23H25N5O4. The number of rotatable bonds is 6. The molecule has 0 fully saturated rings. The summed E-state index contributed by atoms with van der Waals surface area (Å²) in [4.78, 5) is 35.8. The SMILES string of the molecule is C.CCNC(=O)Nc1nc2c(-c3ccc(C(=O)OCC)o3)cc(-c3cccnc3)cc2[nH]1. The van der Waals surface area contributed by atoms with Gasteiger partial charge in [-0.15, -0.1) is 0 Å². The molecule has 9 nitrogen and oxygen atoms in total. The maximum Gasteiger partial charge on any atom is 0.374 e. The number of aromatic nitrogens is 3. The Balaban J connectivity index is 0.00000289. The van der Waals surface area contributed by atoms with Gasteiger partial charge in [-0.05, 0) is 49.7 Å². The molecule has 0 aliphatic carbocycles. The number of imidazole rings is 1. The monoisotopic (exact) mass is 435 g/mol. The van der Waals surface area contributed by atoms with Crippen molar-refractivity contribution in [1.82, 2.24) is 20.3 Å². The number of amides is 2. The van der Waals surface area contributed by atoms with Gasteiger partial charge in [0.2, 0.25) is 11.7 Å². The van der Waals surface area contributed by atoms with Crippen molar-refractivity contribution in [3.8, 4) is 22.5 Å². The van der Waals surface area contributed by atoms with E-state index >= 15 is 0 Å². The van der Waals surface area contributed by atoms with Gasteiger partial charge in [-0.25, -0.2) is 14.6 Å². The highest BCUT2D eigenvalue weighted by molar-refractivity contribution is 5.98. The van der Waals surface area contributed by atoms with Crippen LogP contribution >= 0.6 is 0 Å². The smallest absolute Gasteiger partial charge is 0.374 e. The maximum absolute atomic E-state index is 12.0. The minimum Gasteiger partial charge on any atom is -0.460 e. The van der Waals surface area contributed by atoms with E-state index in [1.807, 2.05) is 31.2 Å². The third kappa shape index (κ3) is 4.61. The first kappa shape index (κ1) is 22.5. The summed E-state index contributed by atoms with van der Waals surface area (Å²) in [6.07, 6.45) is 3.45. The lowest BCUT2D eigenvalue weighted by atomic mass is 10.0. The number of carbonyl (C=O) groups is 2. The lowest BCUT2D eigenvalue weighted by Gasteiger charge is -2.05. The van der Waals surface area contributed by atoms with Crippen LogP contribution in [0.1, 0.15) is 31.8 Å². The van der Waals surface area contributed by atoms with Gasteiger partial charge < -0.3 is 19.5 Å². The van der Waals surface area contributed by atoms with Crippen LogP contribution in [0.5, 0.6) is 0 Å². The summed E-state index contributed by atoms with van der Waals surface area (Å²) >= 11 is 0. The number of nitrogens with one attached hydrogen (secondary N) is 3. The minimum atomic E-state index is -0.533. The Morgan fingerprint density at radius 1 is 1.16 bits per heavy atom. The van der Waals surface area contributed by atoms with E-state index in [1.54, 1.807) is 31.5 Å². The molecule has 3 N–H and O–H groups in total. The number of fused-ring (bicyclic) bond motifs is 1. The number of esters is 1. The lowest BCUT2D eigenvalue weighted by Crippen LogP contribution is -2.28. The number of pyridine rings is 1. The third-order valence-electron chi connectivity index (χ3n) is 4.50. The average Bonchev–Trinajstić information content (AvgIpc) is 3.41. The van der Waals surface area contributed by atoms with E-state index in [4.69, 9.17) is 9.15 Å². The van der Waals surface area contributed by atoms with Gasteiger partial charge in [0.05, 0.1) is 12.1 Å². The molecule has 0 aliphatic rings. The second-order valence-corrected chi connectivity index (χ2v) is 6.62. The molecule has 32 heavy (non-hydrogen) atoms. The molecule has 3 aromatic heterocycles. The number of anilines is 1. The molecule has 0 aliphatic heterocycles. The van der Waals surface area contributed by atoms with E-state index in [-0.39, 0.29) is 25.8 Å². The van der Waals surface area contributed by atoms with Gasteiger partial charge in [0, 0.05) is 30.1 Å². The van der Waals surface area contributed by atoms with E-state index in [2.05, 4.69) is 25.6 Å². The van der Waals surface area contributed by atoms with Crippen molar-refractivity contribution in [3.63, 3.8) is 0 Å². The fourth-order valence-electron chi connectivity index (χ4n) is 3.17. The molecule has 4 aromatic rings. The van der Waals surface area contributed by atoms with Gasteiger partial charge in [0.25, 0.3) is 0 Å². The van der Waals surface area contributed by atoms with Crippen LogP contribution in [0, 0.1) is 0 Å². The van der Waals surface area contributed by atoms with Crippen LogP contribution in [-0.2, 0) is 4.74 Å². The Kier molecular flexibility index (Phi) is 6.89. The second kappa shape index (κ2) is 9.78. The number of nitrogens with zero attached hydrogens (tertiary/aromatic N) is 2. The molecule has 0 atom stereocenters. The second-order valence-electron chi connectivity index (χ2n) is 6.62. The summed E-state index contributed by atoms with van der Waals surface area (Å²) in [6, 6.07) is 10.5. The average molecular weight is 435 g/mol. The molecule has 3 heterocycles. The molecule has 9 heteroatoms. The van der Waals surface area contributed by atoms with E-state index in [0.717, 1.165) is 11.1 Å². The van der Waals surface area contributed by atoms with Crippen LogP contribution in [0.25, 0.3) is 33.5 Å². The van der Waals surface area contributed by atoms with Crippen LogP contribution in [0.4, 0.5) is 10.7 Å². The lowest BCUT2D eigenvalue weighted by molar-refractivity contribution is 0.0491. The van der Waals surface area contributed by atoms with Gasteiger partial charge in [-0.3, -0.25) is 10.3 Å². The van der Waals surface area contributed by atoms with Crippen LogP contribution in [-0.4, -0.2) is 40.1 Å². The van der Waals surface area contributed by atoms with E-state index < -0.39 is 5.97 Å². The standard InChI is InChI=1S/C22H21N5O4.CH4/c1-3-24-22(29)27-21-25-16-11-14(13-6-5-9-23-12-13)10-15(19(16)26-21)17-7-8-18(31-17)20(28)30-4-2;/h5-12H,3-4H2,1-2H3,(H3,24,25,26,27,29);1H4. The van der Waals surface area contributed by atoms with Gasteiger partial charge in [0.1, 0.15) is 11.3 Å². The summed E-state index contributed by atoms with van der Waals surface area (Å²) in [5, 5.41) is 5.34. The zero-order valence-corrected chi connectivity index (χ0v) is 17.1. The maximum atomic E-state index is 12.0. The predicted octanol–water partition coefficient (Wildman–Crippen LogP) is 4.84. The summed E-state index contributed by atoms with van der Waals surface area (Å²) in [6.45, 7) is 4.31. The Labute approximate surface area is 185 Å². The molecule has 2 amide bonds. The number of H-pyrrole nitrogens is 1. The first-order valence-corrected chi connectivity index (χ1v) is 9.85. The van der Waals surface area contributed by atoms with Crippen molar-refractivity contribution in [2.24, 2.45) is 0 Å². The normalized spacial score (nSPS) is 10.4.